The first kappa shape index (κ1) is 11.9. The first-order valence-corrected chi connectivity index (χ1v) is 5.60. The second-order valence-corrected chi connectivity index (χ2v) is 4.28. The van der Waals surface area contributed by atoms with Crippen LogP contribution in [0.5, 0.6) is 0 Å². The Morgan fingerprint density at radius 2 is 2.00 bits per heavy atom. The van der Waals surface area contributed by atoms with Gasteiger partial charge in [0, 0.05) is 11.5 Å². The molecule has 1 aromatic heterocycles. The van der Waals surface area contributed by atoms with Gasteiger partial charge in [-0.2, -0.15) is 0 Å². The number of halogens is 3. The monoisotopic (exact) mass is 260 g/mol. The number of carbonyl (C=O) groups excluding carboxylic acids is 1. The number of hydrogen-bond donors (Lipinski definition) is 0. The molecule has 0 amide bonds. The molecule has 0 saturated carbocycles. The summed E-state index contributed by atoms with van der Waals surface area (Å²) >= 11 is 0.739. The molecular weight excluding hydrogens is 253 g/mol. The molecule has 2 aromatic rings. The summed E-state index contributed by atoms with van der Waals surface area (Å²) < 4.78 is 44.2. The molecule has 0 atom stereocenters. The molecule has 6 heteroatoms. The Kier molecular flexibility index (Phi) is 3.06. The topological polar surface area (TPSA) is 26.3 Å². The van der Waals surface area contributed by atoms with E-state index in [1.807, 2.05) is 0 Å². The average molecular weight is 260 g/mol. The first-order chi connectivity index (χ1) is 8.04. The molecule has 90 valence electrons. The molecule has 2 rings (SSSR count). The maximum Gasteiger partial charge on any atom is 0.348 e. The van der Waals surface area contributed by atoms with Crippen molar-refractivity contribution in [1.29, 1.82) is 0 Å². The van der Waals surface area contributed by atoms with Gasteiger partial charge in [-0.05, 0) is 13.0 Å². The van der Waals surface area contributed by atoms with Gasteiger partial charge in [-0.1, -0.05) is 0 Å². The van der Waals surface area contributed by atoms with Crippen LogP contribution in [0.3, 0.4) is 0 Å². The van der Waals surface area contributed by atoms with Crippen LogP contribution in [0.25, 0.3) is 10.1 Å². The fourth-order valence-electron chi connectivity index (χ4n) is 1.40. The van der Waals surface area contributed by atoms with Crippen LogP contribution in [0.4, 0.5) is 13.2 Å². The molecule has 0 aliphatic rings. The Hall–Kier alpha value is -1.56. The van der Waals surface area contributed by atoms with Crippen LogP contribution in [-0.2, 0) is 4.74 Å². The highest BCUT2D eigenvalue weighted by molar-refractivity contribution is 7.20. The minimum atomic E-state index is -1.27. The summed E-state index contributed by atoms with van der Waals surface area (Å²) in [4.78, 5) is 11.4. The van der Waals surface area contributed by atoms with E-state index in [1.54, 1.807) is 6.92 Å². The van der Waals surface area contributed by atoms with Gasteiger partial charge in [-0.25, -0.2) is 18.0 Å². The zero-order valence-electron chi connectivity index (χ0n) is 8.72. The van der Waals surface area contributed by atoms with Crippen LogP contribution >= 0.6 is 11.3 Å². The lowest BCUT2D eigenvalue weighted by atomic mass is 10.2. The molecule has 2 nitrogen and oxygen atoms in total. The minimum Gasteiger partial charge on any atom is -0.462 e. The summed E-state index contributed by atoms with van der Waals surface area (Å²) in [6, 6.07) is 1.56. The Morgan fingerprint density at radius 1 is 1.29 bits per heavy atom. The fourth-order valence-corrected chi connectivity index (χ4v) is 2.36. The van der Waals surface area contributed by atoms with Gasteiger partial charge < -0.3 is 4.74 Å². The van der Waals surface area contributed by atoms with Crippen molar-refractivity contribution < 1.29 is 22.7 Å². The third-order valence-electron chi connectivity index (χ3n) is 2.13. The predicted molar refractivity (Wildman–Crippen MR) is 57.7 cm³/mol. The van der Waals surface area contributed by atoms with Crippen molar-refractivity contribution in [3.05, 3.63) is 34.5 Å². The number of hydrogen-bond acceptors (Lipinski definition) is 3. The first-order valence-electron chi connectivity index (χ1n) is 4.78. The average Bonchev–Trinajstić information content (AvgIpc) is 2.72. The van der Waals surface area contributed by atoms with Crippen molar-refractivity contribution in [2.24, 2.45) is 0 Å². The molecule has 0 bridgehead atoms. The van der Waals surface area contributed by atoms with Crippen molar-refractivity contribution >= 4 is 27.4 Å². The van der Waals surface area contributed by atoms with Gasteiger partial charge in [0.25, 0.3) is 0 Å². The van der Waals surface area contributed by atoms with Gasteiger partial charge in [0.05, 0.1) is 11.3 Å². The number of rotatable bonds is 2. The molecule has 1 aromatic carbocycles. The molecule has 0 fully saturated rings. The van der Waals surface area contributed by atoms with Gasteiger partial charge in [0.1, 0.15) is 10.7 Å². The van der Waals surface area contributed by atoms with E-state index >= 15 is 0 Å². The highest BCUT2D eigenvalue weighted by Gasteiger charge is 2.19. The van der Waals surface area contributed by atoms with Crippen LogP contribution in [0, 0.1) is 17.5 Å². The quantitative estimate of drug-likeness (QED) is 0.610. The second-order valence-electron chi connectivity index (χ2n) is 3.23. The fraction of sp³-hybridized carbons (Fsp3) is 0.182. The molecule has 0 aliphatic heterocycles. The van der Waals surface area contributed by atoms with E-state index in [-0.39, 0.29) is 21.6 Å². The van der Waals surface area contributed by atoms with Gasteiger partial charge >= 0.3 is 5.97 Å². The number of esters is 1. The summed E-state index contributed by atoms with van der Waals surface area (Å²) in [5.74, 6) is -4.00. The van der Waals surface area contributed by atoms with Gasteiger partial charge in [-0.15, -0.1) is 11.3 Å². The highest BCUT2D eigenvalue weighted by Crippen LogP contribution is 2.31. The van der Waals surface area contributed by atoms with Crippen molar-refractivity contribution in [1.82, 2.24) is 0 Å². The minimum absolute atomic E-state index is 0.0465. The van der Waals surface area contributed by atoms with Crippen LogP contribution in [0.15, 0.2) is 12.1 Å². The number of fused-ring (bicyclic) bond motifs is 1. The van der Waals surface area contributed by atoms with E-state index < -0.39 is 23.4 Å². The maximum absolute atomic E-state index is 13.4. The van der Waals surface area contributed by atoms with Crippen LogP contribution in [0.2, 0.25) is 0 Å². The third kappa shape index (κ3) is 2.00. The Labute approximate surface area is 98.6 Å². The number of carbonyl (C=O) groups is 1. The smallest absolute Gasteiger partial charge is 0.348 e. The summed E-state index contributed by atoms with van der Waals surface area (Å²) in [5, 5.41) is -0.240. The largest absolute Gasteiger partial charge is 0.462 e. The molecule has 17 heavy (non-hydrogen) atoms. The Bertz CT molecular complexity index is 592. The SMILES string of the molecule is CCOC(=O)c1cc2c(F)c(F)cc(F)c2s1. The Morgan fingerprint density at radius 3 is 2.65 bits per heavy atom. The predicted octanol–water partition coefficient (Wildman–Crippen LogP) is 3.50. The molecule has 0 unspecified atom stereocenters. The van der Waals surface area contributed by atoms with E-state index in [9.17, 15) is 18.0 Å². The van der Waals surface area contributed by atoms with Crippen LogP contribution in [-0.4, -0.2) is 12.6 Å². The number of ether oxygens (including phenoxy) is 1. The summed E-state index contributed by atoms with van der Waals surface area (Å²) in [6.07, 6.45) is 0. The lowest BCUT2D eigenvalue weighted by Gasteiger charge is -1.95. The molecule has 1 heterocycles. The van der Waals surface area contributed by atoms with Gasteiger partial charge in [-0.3, -0.25) is 0 Å². The second kappa shape index (κ2) is 4.37. The summed E-state index contributed by atoms with van der Waals surface area (Å²) in [7, 11) is 0. The van der Waals surface area contributed by atoms with Gasteiger partial charge in [0.15, 0.2) is 11.6 Å². The lowest BCUT2D eigenvalue weighted by molar-refractivity contribution is 0.0532. The van der Waals surface area contributed by atoms with Crippen molar-refractivity contribution in [3.8, 4) is 0 Å². The van der Waals surface area contributed by atoms with Gasteiger partial charge in [0.2, 0.25) is 0 Å². The molecular formula is C11H7F3O2S. The maximum atomic E-state index is 13.4. The van der Waals surface area contributed by atoms with E-state index in [0.29, 0.717) is 6.07 Å². The van der Waals surface area contributed by atoms with Crippen molar-refractivity contribution in [3.63, 3.8) is 0 Å². The highest BCUT2D eigenvalue weighted by atomic mass is 32.1. The normalized spacial score (nSPS) is 10.8. The lowest BCUT2D eigenvalue weighted by Crippen LogP contribution is -2.01. The van der Waals surface area contributed by atoms with Crippen molar-refractivity contribution in [2.45, 2.75) is 6.92 Å². The van der Waals surface area contributed by atoms with E-state index in [1.165, 1.54) is 0 Å². The zero-order chi connectivity index (χ0) is 12.6. The van der Waals surface area contributed by atoms with E-state index in [2.05, 4.69) is 0 Å². The van der Waals surface area contributed by atoms with E-state index in [0.717, 1.165) is 17.4 Å². The molecule has 0 spiro atoms. The molecule has 0 N–H and O–H groups in total. The molecule has 0 aliphatic carbocycles. The Balaban J connectivity index is 2.61. The van der Waals surface area contributed by atoms with Crippen molar-refractivity contribution in [2.75, 3.05) is 6.61 Å². The van der Waals surface area contributed by atoms with Crippen LogP contribution < -0.4 is 0 Å². The number of thiophene rings is 1. The third-order valence-corrected chi connectivity index (χ3v) is 3.25. The summed E-state index contributed by atoms with van der Waals surface area (Å²) in [5.41, 5.74) is 0. The standard InChI is InChI=1S/C11H7F3O2S/c1-2-16-11(15)8-3-5-9(14)6(12)4-7(13)10(5)17-8/h3-4H,2H2,1H3. The summed E-state index contributed by atoms with van der Waals surface area (Å²) in [6.45, 7) is 1.78. The molecule has 0 radical (unpaired) electrons. The zero-order valence-corrected chi connectivity index (χ0v) is 9.54. The van der Waals surface area contributed by atoms with Crippen LogP contribution in [0.1, 0.15) is 16.6 Å². The molecule has 0 saturated heterocycles. The number of benzene rings is 1. The van der Waals surface area contributed by atoms with E-state index in [4.69, 9.17) is 4.74 Å².